The SMILES string of the molecule is CC(C)(C(=O)OCCN)C(=O)OCCN. The zero-order valence-electron chi connectivity index (χ0n) is 9.12. The molecule has 0 aliphatic rings. The first kappa shape index (κ1) is 13.9. The van der Waals surface area contributed by atoms with Gasteiger partial charge >= 0.3 is 11.9 Å². The maximum atomic E-state index is 11.4. The van der Waals surface area contributed by atoms with Crippen molar-refractivity contribution < 1.29 is 19.1 Å². The van der Waals surface area contributed by atoms with Crippen molar-refractivity contribution in [1.82, 2.24) is 0 Å². The Hall–Kier alpha value is -1.14. The maximum absolute atomic E-state index is 11.4. The fraction of sp³-hybridized carbons (Fsp3) is 0.778. The summed E-state index contributed by atoms with van der Waals surface area (Å²) in [5, 5.41) is 0. The fourth-order valence-corrected chi connectivity index (χ4v) is 0.747. The topological polar surface area (TPSA) is 105 Å². The minimum absolute atomic E-state index is 0.0897. The van der Waals surface area contributed by atoms with Crippen molar-refractivity contribution >= 4 is 11.9 Å². The standard InChI is InChI=1S/C9H18N2O4/c1-9(2,7(12)14-5-3-10)8(13)15-6-4-11/h3-6,10-11H2,1-2H3. The maximum Gasteiger partial charge on any atom is 0.322 e. The molecule has 0 spiro atoms. The Kier molecular flexibility index (Phi) is 5.88. The molecule has 0 saturated heterocycles. The zero-order chi connectivity index (χ0) is 11.9. The van der Waals surface area contributed by atoms with Crippen LogP contribution in [0.3, 0.4) is 0 Å². The first-order valence-electron chi connectivity index (χ1n) is 4.71. The average molecular weight is 218 g/mol. The number of rotatable bonds is 6. The van der Waals surface area contributed by atoms with Crippen LogP contribution in [0.4, 0.5) is 0 Å². The van der Waals surface area contributed by atoms with Crippen LogP contribution in [-0.2, 0) is 19.1 Å². The Labute approximate surface area is 88.9 Å². The molecule has 0 bridgehead atoms. The lowest BCUT2D eigenvalue weighted by Gasteiger charge is -2.20. The molecule has 0 radical (unpaired) electrons. The molecule has 0 heterocycles. The van der Waals surface area contributed by atoms with Crippen molar-refractivity contribution in [2.24, 2.45) is 16.9 Å². The van der Waals surface area contributed by atoms with Crippen LogP contribution in [0.2, 0.25) is 0 Å². The molecule has 15 heavy (non-hydrogen) atoms. The van der Waals surface area contributed by atoms with Crippen molar-refractivity contribution in [3.8, 4) is 0 Å². The van der Waals surface area contributed by atoms with Crippen molar-refractivity contribution in [1.29, 1.82) is 0 Å². The van der Waals surface area contributed by atoms with Crippen LogP contribution in [0.15, 0.2) is 0 Å². The lowest BCUT2D eigenvalue weighted by atomic mass is 9.94. The van der Waals surface area contributed by atoms with E-state index in [-0.39, 0.29) is 26.3 Å². The summed E-state index contributed by atoms with van der Waals surface area (Å²) in [7, 11) is 0. The van der Waals surface area contributed by atoms with Crippen LogP contribution in [0.5, 0.6) is 0 Å². The van der Waals surface area contributed by atoms with Gasteiger partial charge in [-0.2, -0.15) is 0 Å². The molecule has 0 rings (SSSR count). The molecule has 0 aliphatic carbocycles. The van der Waals surface area contributed by atoms with Crippen LogP contribution in [0.1, 0.15) is 13.8 Å². The molecular formula is C9H18N2O4. The summed E-state index contributed by atoms with van der Waals surface area (Å²) >= 11 is 0. The van der Waals surface area contributed by atoms with Crippen LogP contribution in [0, 0.1) is 5.41 Å². The lowest BCUT2D eigenvalue weighted by molar-refractivity contribution is -0.169. The zero-order valence-corrected chi connectivity index (χ0v) is 9.12. The van der Waals surface area contributed by atoms with Gasteiger partial charge in [0.25, 0.3) is 0 Å². The van der Waals surface area contributed by atoms with Gasteiger partial charge in [-0.3, -0.25) is 9.59 Å². The van der Waals surface area contributed by atoms with Gasteiger partial charge in [-0.25, -0.2) is 0 Å². The second-order valence-corrected chi connectivity index (χ2v) is 3.47. The second-order valence-electron chi connectivity index (χ2n) is 3.47. The van der Waals surface area contributed by atoms with Gasteiger partial charge in [-0.15, -0.1) is 0 Å². The van der Waals surface area contributed by atoms with E-state index < -0.39 is 17.4 Å². The number of hydrogen-bond donors (Lipinski definition) is 2. The highest BCUT2D eigenvalue weighted by Crippen LogP contribution is 2.19. The molecule has 0 fully saturated rings. The number of carbonyl (C=O) groups is 2. The Bertz CT molecular complexity index is 206. The highest BCUT2D eigenvalue weighted by atomic mass is 16.6. The van der Waals surface area contributed by atoms with Crippen LogP contribution >= 0.6 is 0 Å². The summed E-state index contributed by atoms with van der Waals surface area (Å²) in [5.41, 5.74) is 9.02. The lowest BCUT2D eigenvalue weighted by Crippen LogP contribution is -2.38. The Morgan fingerprint density at radius 1 is 1.00 bits per heavy atom. The van der Waals surface area contributed by atoms with E-state index >= 15 is 0 Å². The van der Waals surface area contributed by atoms with Crippen LogP contribution < -0.4 is 11.5 Å². The molecular weight excluding hydrogens is 200 g/mol. The van der Waals surface area contributed by atoms with E-state index in [1.807, 2.05) is 0 Å². The molecule has 0 unspecified atom stereocenters. The van der Waals surface area contributed by atoms with Gasteiger partial charge in [0.1, 0.15) is 13.2 Å². The largest absolute Gasteiger partial charge is 0.464 e. The highest BCUT2D eigenvalue weighted by molar-refractivity contribution is 5.99. The number of hydrogen-bond acceptors (Lipinski definition) is 6. The Morgan fingerprint density at radius 2 is 1.33 bits per heavy atom. The van der Waals surface area contributed by atoms with E-state index in [1.165, 1.54) is 13.8 Å². The van der Waals surface area contributed by atoms with Crippen molar-refractivity contribution in [3.63, 3.8) is 0 Å². The summed E-state index contributed by atoms with van der Waals surface area (Å²) in [4.78, 5) is 22.8. The van der Waals surface area contributed by atoms with Gasteiger partial charge in [0.15, 0.2) is 5.41 Å². The minimum Gasteiger partial charge on any atom is -0.464 e. The molecule has 4 N–H and O–H groups in total. The first-order chi connectivity index (χ1) is 6.96. The van der Waals surface area contributed by atoms with E-state index in [0.717, 1.165) is 0 Å². The molecule has 0 saturated carbocycles. The number of carbonyl (C=O) groups excluding carboxylic acids is 2. The van der Waals surface area contributed by atoms with Crippen molar-refractivity contribution in [2.75, 3.05) is 26.3 Å². The molecule has 0 amide bonds. The van der Waals surface area contributed by atoms with E-state index in [1.54, 1.807) is 0 Å². The summed E-state index contributed by atoms with van der Waals surface area (Å²) in [5.74, 6) is -1.29. The van der Waals surface area contributed by atoms with E-state index in [2.05, 4.69) is 0 Å². The molecule has 0 aromatic rings. The minimum atomic E-state index is -1.32. The molecule has 0 atom stereocenters. The summed E-state index contributed by atoms with van der Waals surface area (Å²) in [6.07, 6.45) is 0. The van der Waals surface area contributed by atoms with E-state index in [4.69, 9.17) is 20.9 Å². The third-order valence-corrected chi connectivity index (χ3v) is 1.72. The van der Waals surface area contributed by atoms with Gasteiger partial charge in [0, 0.05) is 13.1 Å². The third kappa shape index (κ3) is 4.26. The smallest absolute Gasteiger partial charge is 0.322 e. The van der Waals surface area contributed by atoms with Crippen LogP contribution in [-0.4, -0.2) is 38.2 Å². The second kappa shape index (κ2) is 6.36. The molecule has 88 valence electrons. The fourth-order valence-electron chi connectivity index (χ4n) is 0.747. The molecule has 0 aromatic heterocycles. The summed E-state index contributed by atoms with van der Waals surface area (Å²) in [6.45, 7) is 3.49. The van der Waals surface area contributed by atoms with Gasteiger partial charge in [0.05, 0.1) is 0 Å². The van der Waals surface area contributed by atoms with Crippen molar-refractivity contribution in [3.05, 3.63) is 0 Å². The quantitative estimate of drug-likeness (QED) is 0.438. The number of esters is 2. The Morgan fingerprint density at radius 3 is 1.60 bits per heavy atom. The predicted octanol–water partition coefficient (Wildman–Crippen LogP) is -0.984. The van der Waals surface area contributed by atoms with Crippen LogP contribution in [0.25, 0.3) is 0 Å². The average Bonchev–Trinajstić information content (AvgIpc) is 2.21. The van der Waals surface area contributed by atoms with Gasteiger partial charge in [-0.05, 0) is 13.8 Å². The third-order valence-electron chi connectivity index (χ3n) is 1.72. The van der Waals surface area contributed by atoms with Crippen molar-refractivity contribution in [2.45, 2.75) is 13.8 Å². The molecule has 0 aromatic carbocycles. The molecule has 0 aliphatic heterocycles. The van der Waals surface area contributed by atoms with Gasteiger partial charge in [-0.1, -0.05) is 0 Å². The predicted molar refractivity (Wildman–Crippen MR) is 53.8 cm³/mol. The monoisotopic (exact) mass is 218 g/mol. The molecule has 6 heteroatoms. The van der Waals surface area contributed by atoms with Gasteiger partial charge < -0.3 is 20.9 Å². The Balaban J connectivity index is 4.24. The normalized spacial score (nSPS) is 10.9. The van der Waals surface area contributed by atoms with E-state index in [0.29, 0.717) is 0 Å². The summed E-state index contributed by atoms with van der Waals surface area (Å²) in [6, 6.07) is 0. The first-order valence-corrected chi connectivity index (χ1v) is 4.71. The highest BCUT2D eigenvalue weighted by Gasteiger charge is 2.39. The van der Waals surface area contributed by atoms with Gasteiger partial charge in [0.2, 0.25) is 0 Å². The number of nitrogens with two attached hydrogens (primary N) is 2. The molecule has 6 nitrogen and oxygen atoms in total. The van der Waals surface area contributed by atoms with E-state index in [9.17, 15) is 9.59 Å². The number of ether oxygens (including phenoxy) is 2. The summed E-state index contributed by atoms with van der Waals surface area (Å²) < 4.78 is 9.52.